The first-order chi connectivity index (χ1) is 13.8. The van der Waals surface area contributed by atoms with Crippen molar-refractivity contribution < 1.29 is 12.8 Å². The van der Waals surface area contributed by atoms with Crippen LogP contribution in [0.2, 0.25) is 0 Å². The summed E-state index contributed by atoms with van der Waals surface area (Å²) in [5.41, 5.74) is 9.30. The fourth-order valence-electron chi connectivity index (χ4n) is 3.20. The summed E-state index contributed by atoms with van der Waals surface area (Å²) in [6.45, 7) is 1.88. The second-order valence-electron chi connectivity index (χ2n) is 6.77. The first kappa shape index (κ1) is 18.9. The number of nitrogen functional groups attached to an aromatic ring is 1. The molecule has 0 unspecified atom stereocenters. The normalized spacial score (nSPS) is 11.7. The van der Waals surface area contributed by atoms with Crippen molar-refractivity contribution in [2.75, 3.05) is 5.73 Å². The number of nitrogens with two attached hydrogens (primary N) is 2. The van der Waals surface area contributed by atoms with E-state index in [1.165, 1.54) is 12.1 Å². The SMILES string of the molecule is Cc1ccc(-c2c(-c3ccc(S(N)(=O)=O)cc3)oc3ccccc3c2=O)cc1N. The van der Waals surface area contributed by atoms with Crippen molar-refractivity contribution in [3.63, 3.8) is 0 Å². The first-order valence-electron chi connectivity index (χ1n) is 8.81. The number of hydrogen-bond acceptors (Lipinski definition) is 5. The largest absolute Gasteiger partial charge is 0.455 e. The average molecular weight is 406 g/mol. The summed E-state index contributed by atoms with van der Waals surface area (Å²) in [5, 5.41) is 5.63. The number of primary sulfonamides is 1. The van der Waals surface area contributed by atoms with Crippen LogP contribution in [-0.2, 0) is 10.0 Å². The van der Waals surface area contributed by atoms with E-state index in [9.17, 15) is 13.2 Å². The van der Waals surface area contributed by atoms with E-state index < -0.39 is 10.0 Å². The molecule has 7 heteroatoms. The summed E-state index contributed by atoms with van der Waals surface area (Å²) in [7, 11) is -3.83. The lowest BCUT2D eigenvalue weighted by atomic mass is 9.97. The summed E-state index contributed by atoms with van der Waals surface area (Å²) < 4.78 is 29.2. The van der Waals surface area contributed by atoms with Crippen LogP contribution in [0.5, 0.6) is 0 Å². The van der Waals surface area contributed by atoms with Crippen LogP contribution in [0.4, 0.5) is 5.69 Å². The average Bonchev–Trinajstić information content (AvgIpc) is 2.70. The molecule has 29 heavy (non-hydrogen) atoms. The van der Waals surface area contributed by atoms with Crippen LogP contribution in [0, 0.1) is 6.92 Å². The number of benzene rings is 3. The first-order valence-corrected chi connectivity index (χ1v) is 10.4. The van der Waals surface area contributed by atoms with Crippen molar-refractivity contribution in [3.05, 3.63) is 82.5 Å². The lowest BCUT2D eigenvalue weighted by molar-refractivity contribution is 0.597. The van der Waals surface area contributed by atoms with Crippen molar-refractivity contribution in [1.82, 2.24) is 0 Å². The summed E-state index contributed by atoms with van der Waals surface area (Å²) in [6, 6.07) is 18.3. The monoisotopic (exact) mass is 406 g/mol. The molecule has 1 heterocycles. The van der Waals surface area contributed by atoms with Crippen LogP contribution in [0.1, 0.15) is 5.56 Å². The van der Waals surface area contributed by atoms with Crippen LogP contribution in [0.3, 0.4) is 0 Å². The van der Waals surface area contributed by atoms with E-state index in [1.807, 2.05) is 19.1 Å². The van der Waals surface area contributed by atoms with E-state index in [2.05, 4.69) is 0 Å². The van der Waals surface area contributed by atoms with E-state index in [4.69, 9.17) is 15.3 Å². The van der Waals surface area contributed by atoms with Crippen LogP contribution < -0.4 is 16.3 Å². The molecule has 0 aliphatic carbocycles. The highest BCUT2D eigenvalue weighted by Crippen LogP contribution is 2.34. The topological polar surface area (TPSA) is 116 Å². The Hall–Kier alpha value is -3.42. The molecule has 3 aromatic carbocycles. The van der Waals surface area contributed by atoms with Crippen LogP contribution in [0.25, 0.3) is 33.4 Å². The van der Waals surface area contributed by atoms with E-state index in [-0.39, 0.29) is 10.3 Å². The van der Waals surface area contributed by atoms with Crippen molar-refractivity contribution in [2.45, 2.75) is 11.8 Å². The molecule has 0 saturated carbocycles. The van der Waals surface area contributed by atoms with Crippen molar-refractivity contribution in [1.29, 1.82) is 0 Å². The molecule has 0 atom stereocenters. The van der Waals surface area contributed by atoms with E-state index >= 15 is 0 Å². The quantitative estimate of drug-likeness (QED) is 0.504. The maximum atomic E-state index is 13.3. The fourth-order valence-corrected chi connectivity index (χ4v) is 3.71. The molecule has 4 aromatic rings. The molecule has 4 rings (SSSR count). The molecule has 0 saturated heterocycles. The Kier molecular flexibility index (Phi) is 4.49. The number of sulfonamides is 1. The fraction of sp³-hybridized carbons (Fsp3) is 0.0455. The number of anilines is 1. The molecular weight excluding hydrogens is 388 g/mol. The third-order valence-electron chi connectivity index (χ3n) is 4.81. The van der Waals surface area contributed by atoms with Gasteiger partial charge in [0.15, 0.2) is 0 Å². The predicted molar refractivity (Wildman–Crippen MR) is 114 cm³/mol. The third kappa shape index (κ3) is 3.41. The zero-order valence-electron chi connectivity index (χ0n) is 15.5. The number of rotatable bonds is 3. The number of aryl methyl sites for hydroxylation is 1. The molecule has 0 amide bonds. The van der Waals surface area contributed by atoms with Gasteiger partial charge in [-0.2, -0.15) is 0 Å². The Morgan fingerprint density at radius 3 is 2.21 bits per heavy atom. The Bertz CT molecular complexity index is 1410. The molecule has 0 spiro atoms. The summed E-state index contributed by atoms with van der Waals surface area (Å²) in [5.74, 6) is 0.331. The van der Waals surface area contributed by atoms with E-state index in [1.54, 1.807) is 42.5 Å². The lowest BCUT2D eigenvalue weighted by Crippen LogP contribution is -2.12. The second kappa shape index (κ2) is 6.88. The predicted octanol–water partition coefficient (Wildman–Crippen LogP) is 3.67. The van der Waals surface area contributed by atoms with Gasteiger partial charge in [-0.05, 0) is 60.5 Å². The van der Waals surface area contributed by atoms with Gasteiger partial charge < -0.3 is 10.2 Å². The molecule has 6 nitrogen and oxygen atoms in total. The van der Waals surface area contributed by atoms with Gasteiger partial charge in [-0.15, -0.1) is 0 Å². The molecule has 0 fully saturated rings. The van der Waals surface area contributed by atoms with Gasteiger partial charge in [0.1, 0.15) is 11.3 Å². The van der Waals surface area contributed by atoms with Crippen molar-refractivity contribution in [3.8, 4) is 22.5 Å². The summed E-state index contributed by atoms with van der Waals surface area (Å²) in [6.07, 6.45) is 0. The number of hydrogen-bond donors (Lipinski definition) is 2. The molecular formula is C22H18N2O4S. The summed E-state index contributed by atoms with van der Waals surface area (Å²) in [4.78, 5) is 13.3. The Balaban J connectivity index is 2.04. The van der Waals surface area contributed by atoms with Gasteiger partial charge in [0, 0.05) is 11.3 Å². The maximum Gasteiger partial charge on any atom is 0.238 e. The van der Waals surface area contributed by atoms with Gasteiger partial charge in [-0.1, -0.05) is 24.3 Å². The Labute approximate surface area is 167 Å². The zero-order chi connectivity index (χ0) is 20.8. The molecule has 1 aromatic heterocycles. The second-order valence-corrected chi connectivity index (χ2v) is 8.33. The van der Waals surface area contributed by atoms with Gasteiger partial charge >= 0.3 is 0 Å². The van der Waals surface area contributed by atoms with Crippen molar-refractivity contribution in [2.24, 2.45) is 5.14 Å². The highest BCUT2D eigenvalue weighted by atomic mass is 32.2. The highest BCUT2D eigenvalue weighted by molar-refractivity contribution is 7.89. The minimum atomic E-state index is -3.83. The van der Waals surface area contributed by atoms with Crippen LogP contribution >= 0.6 is 0 Å². The van der Waals surface area contributed by atoms with Gasteiger partial charge in [0.2, 0.25) is 15.5 Å². The molecule has 0 aliphatic heterocycles. The smallest absolute Gasteiger partial charge is 0.238 e. The van der Waals surface area contributed by atoms with Gasteiger partial charge in [-0.3, -0.25) is 4.79 Å². The number of fused-ring (bicyclic) bond motifs is 1. The van der Waals surface area contributed by atoms with Gasteiger partial charge in [0.25, 0.3) is 0 Å². The Morgan fingerprint density at radius 2 is 1.55 bits per heavy atom. The summed E-state index contributed by atoms with van der Waals surface area (Å²) >= 11 is 0. The van der Waals surface area contributed by atoms with Crippen molar-refractivity contribution >= 4 is 26.7 Å². The van der Waals surface area contributed by atoms with Crippen LogP contribution in [-0.4, -0.2) is 8.42 Å². The van der Waals surface area contributed by atoms with E-state index in [0.717, 1.165) is 5.56 Å². The molecule has 0 bridgehead atoms. The molecule has 0 radical (unpaired) electrons. The van der Waals surface area contributed by atoms with Gasteiger partial charge in [-0.25, -0.2) is 13.6 Å². The molecule has 146 valence electrons. The van der Waals surface area contributed by atoms with E-state index in [0.29, 0.717) is 39.1 Å². The zero-order valence-corrected chi connectivity index (χ0v) is 16.4. The third-order valence-corrected chi connectivity index (χ3v) is 5.74. The highest BCUT2D eigenvalue weighted by Gasteiger charge is 2.19. The molecule has 4 N–H and O–H groups in total. The lowest BCUT2D eigenvalue weighted by Gasteiger charge is -2.12. The standard InChI is InChI=1S/C22H18N2O4S/c1-13-6-7-15(12-18(13)23)20-21(25)17-4-2-3-5-19(17)28-22(20)14-8-10-16(11-9-14)29(24,26)27/h2-12H,23H2,1H3,(H2,24,26,27). The number of para-hydroxylation sites is 1. The minimum Gasteiger partial charge on any atom is -0.455 e. The maximum absolute atomic E-state index is 13.3. The Morgan fingerprint density at radius 1 is 0.897 bits per heavy atom. The van der Waals surface area contributed by atoms with Gasteiger partial charge in [0.05, 0.1) is 15.8 Å². The molecule has 0 aliphatic rings. The minimum absolute atomic E-state index is 0.0227. The van der Waals surface area contributed by atoms with Crippen LogP contribution in [0.15, 0.2) is 80.8 Å².